The normalized spacial score (nSPS) is 16.9. The summed E-state index contributed by atoms with van der Waals surface area (Å²) in [6.07, 6.45) is 2.58. The Hall–Kier alpha value is -2.45. The van der Waals surface area contributed by atoms with E-state index in [4.69, 9.17) is 5.10 Å². The molecule has 0 spiro atoms. The minimum atomic E-state index is -3.52. The Kier molecular flexibility index (Phi) is 7.19. The maximum absolute atomic E-state index is 13.0. The number of hydrogen-bond donors (Lipinski definition) is 1. The average Bonchev–Trinajstić information content (AvgIpc) is 3.18. The van der Waals surface area contributed by atoms with E-state index in [0.717, 1.165) is 11.3 Å². The maximum atomic E-state index is 13.0. The molecule has 0 saturated carbocycles. The summed E-state index contributed by atoms with van der Waals surface area (Å²) < 4.78 is 28.7. The van der Waals surface area contributed by atoms with Crippen molar-refractivity contribution >= 4 is 27.8 Å². The highest BCUT2D eigenvalue weighted by Crippen LogP contribution is 2.29. The molecule has 3 rings (SSSR count). The van der Waals surface area contributed by atoms with Crippen LogP contribution in [0.1, 0.15) is 65.6 Å². The Balaban J connectivity index is 1.65. The third-order valence-electron chi connectivity index (χ3n) is 5.78. The van der Waals surface area contributed by atoms with Crippen molar-refractivity contribution in [2.45, 2.75) is 65.3 Å². The SMILES string of the molecule is CC(C)(C)c1cc(NC(=O)C2CCN(S(=O)(=O)/C=C/c3ccccc3)CC2)n(C(C)(C)C)n1. The number of sulfonamides is 1. The number of carbonyl (C=O) groups excluding carboxylic acids is 1. The van der Waals surface area contributed by atoms with Gasteiger partial charge in [0.2, 0.25) is 15.9 Å². The number of nitrogens with zero attached hydrogens (tertiary/aromatic N) is 3. The standard InChI is InChI=1S/C25H36N4O3S/c1-24(2,3)21-18-22(29(27-21)25(4,5)6)26-23(30)20-12-15-28(16-13-20)33(31,32)17-14-19-10-8-7-9-11-19/h7-11,14,17-18,20H,12-13,15-16H2,1-6H3,(H,26,30)/b17-14+. The van der Waals surface area contributed by atoms with E-state index in [0.29, 0.717) is 31.7 Å². The Morgan fingerprint density at radius 2 is 1.67 bits per heavy atom. The van der Waals surface area contributed by atoms with Gasteiger partial charge in [0.15, 0.2) is 0 Å². The van der Waals surface area contributed by atoms with E-state index in [1.54, 1.807) is 6.08 Å². The first-order chi connectivity index (χ1) is 15.3. The van der Waals surface area contributed by atoms with E-state index in [9.17, 15) is 13.2 Å². The third kappa shape index (κ3) is 6.32. The van der Waals surface area contributed by atoms with E-state index in [2.05, 4.69) is 46.9 Å². The molecule has 1 aliphatic rings. The molecule has 0 bridgehead atoms. The third-order valence-corrected chi connectivity index (χ3v) is 7.35. The van der Waals surface area contributed by atoms with Crippen molar-refractivity contribution in [2.75, 3.05) is 18.4 Å². The van der Waals surface area contributed by atoms with Gasteiger partial charge >= 0.3 is 0 Å². The number of amides is 1. The molecular weight excluding hydrogens is 436 g/mol. The van der Waals surface area contributed by atoms with Crippen LogP contribution in [0.25, 0.3) is 6.08 Å². The molecule has 2 heterocycles. The summed E-state index contributed by atoms with van der Waals surface area (Å²) in [5.41, 5.74) is 1.33. The van der Waals surface area contributed by atoms with Gasteiger partial charge in [-0.1, -0.05) is 51.1 Å². The number of nitrogens with one attached hydrogen (secondary N) is 1. The molecule has 180 valence electrons. The minimum Gasteiger partial charge on any atom is -0.311 e. The fourth-order valence-corrected chi connectivity index (χ4v) is 4.98. The number of piperidine rings is 1. The average molecular weight is 473 g/mol. The lowest BCUT2D eigenvalue weighted by Gasteiger charge is -2.30. The first kappa shape index (κ1) is 25.2. The second-order valence-corrected chi connectivity index (χ2v) is 12.5. The molecule has 1 aromatic carbocycles. The van der Waals surface area contributed by atoms with Gasteiger partial charge in [0.25, 0.3) is 0 Å². The van der Waals surface area contributed by atoms with Crippen molar-refractivity contribution in [3.8, 4) is 0 Å². The number of hydrogen-bond acceptors (Lipinski definition) is 4. The van der Waals surface area contributed by atoms with Crippen molar-refractivity contribution in [2.24, 2.45) is 5.92 Å². The summed E-state index contributed by atoms with van der Waals surface area (Å²) in [7, 11) is -3.52. The van der Waals surface area contributed by atoms with Crippen LogP contribution >= 0.6 is 0 Å². The zero-order valence-electron chi connectivity index (χ0n) is 20.5. The molecule has 2 aromatic rings. The van der Waals surface area contributed by atoms with Crippen LogP contribution in [0.3, 0.4) is 0 Å². The van der Waals surface area contributed by atoms with E-state index >= 15 is 0 Å². The summed E-state index contributed by atoms with van der Waals surface area (Å²) in [5.74, 6) is 0.354. The van der Waals surface area contributed by atoms with Gasteiger partial charge in [-0.15, -0.1) is 0 Å². The molecule has 1 N–H and O–H groups in total. The molecule has 33 heavy (non-hydrogen) atoms. The van der Waals surface area contributed by atoms with Crippen molar-refractivity contribution in [1.82, 2.24) is 14.1 Å². The number of benzene rings is 1. The maximum Gasteiger partial charge on any atom is 0.236 e. The highest BCUT2D eigenvalue weighted by Gasteiger charge is 2.32. The van der Waals surface area contributed by atoms with Crippen LogP contribution in [-0.4, -0.2) is 41.5 Å². The van der Waals surface area contributed by atoms with Crippen molar-refractivity contribution in [3.63, 3.8) is 0 Å². The molecule has 1 fully saturated rings. The molecule has 8 heteroatoms. The monoisotopic (exact) mass is 472 g/mol. The van der Waals surface area contributed by atoms with E-state index in [1.165, 1.54) is 9.71 Å². The summed E-state index contributed by atoms with van der Waals surface area (Å²) in [4.78, 5) is 13.0. The van der Waals surface area contributed by atoms with Crippen molar-refractivity contribution in [3.05, 3.63) is 53.1 Å². The predicted molar refractivity (Wildman–Crippen MR) is 133 cm³/mol. The number of anilines is 1. The summed E-state index contributed by atoms with van der Waals surface area (Å²) in [6.45, 7) is 13.1. The van der Waals surface area contributed by atoms with Gasteiger partial charge in [0.1, 0.15) is 5.82 Å². The van der Waals surface area contributed by atoms with Crippen LogP contribution in [0.4, 0.5) is 5.82 Å². The van der Waals surface area contributed by atoms with E-state index < -0.39 is 10.0 Å². The summed E-state index contributed by atoms with van der Waals surface area (Å²) in [5, 5.41) is 9.06. The van der Waals surface area contributed by atoms with Crippen LogP contribution in [0.5, 0.6) is 0 Å². The van der Waals surface area contributed by atoms with E-state index in [1.807, 2.05) is 41.1 Å². The second-order valence-electron chi connectivity index (χ2n) is 10.7. The van der Waals surface area contributed by atoms with Crippen LogP contribution in [0.2, 0.25) is 0 Å². The van der Waals surface area contributed by atoms with Crippen molar-refractivity contribution < 1.29 is 13.2 Å². The molecule has 7 nitrogen and oxygen atoms in total. The fraction of sp³-hybridized carbons (Fsp3) is 0.520. The first-order valence-corrected chi connectivity index (χ1v) is 12.9. The Bertz CT molecular complexity index is 1100. The largest absolute Gasteiger partial charge is 0.311 e. The molecule has 1 aromatic heterocycles. The van der Waals surface area contributed by atoms with E-state index in [-0.39, 0.29) is 22.8 Å². The molecule has 0 aliphatic carbocycles. The summed E-state index contributed by atoms with van der Waals surface area (Å²) >= 11 is 0. The molecular formula is C25H36N4O3S. The lowest BCUT2D eigenvalue weighted by molar-refractivity contribution is -0.121. The van der Waals surface area contributed by atoms with Gasteiger partial charge in [-0.3, -0.25) is 4.79 Å². The van der Waals surface area contributed by atoms with Crippen molar-refractivity contribution in [1.29, 1.82) is 0 Å². The quantitative estimate of drug-likeness (QED) is 0.690. The number of rotatable bonds is 5. The molecule has 1 aliphatic heterocycles. The molecule has 1 amide bonds. The summed E-state index contributed by atoms with van der Waals surface area (Å²) in [6, 6.07) is 11.3. The van der Waals surface area contributed by atoms with Gasteiger partial charge in [-0.2, -0.15) is 9.40 Å². The number of carbonyl (C=O) groups is 1. The highest BCUT2D eigenvalue weighted by molar-refractivity contribution is 7.92. The predicted octanol–water partition coefficient (Wildman–Crippen LogP) is 4.59. The molecule has 0 unspecified atom stereocenters. The zero-order valence-corrected chi connectivity index (χ0v) is 21.3. The highest BCUT2D eigenvalue weighted by atomic mass is 32.2. The first-order valence-electron chi connectivity index (χ1n) is 11.4. The number of aromatic nitrogens is 2. The Morgan fingerprint density at radius 3 is 2.21 bits per heavy atom. The van der Waals surface area contributed by atoms with Crippen LogP contribution in [-0.2, 0) is 25.8 Å². The second kappa shape index (κ2) is 9.43. The zero-order chi connectivity index (χ0) is 24.4. The van der Waals surface area contributed by atoms with Crippen LogP contribution < -0.4 is 5.32 Å². The van der Waals surface area contributed by atoms with Crippen LogP contribution in [0.15, 0.2) is 41.8 Å². The lowest BCUT2D eigenvalue weighted by Crippen LogP contribution is -2.41. The smallest absolute Gasteiger partial charge is 0.236 e. The van der Waals surface area contributed by atoms with Gasteiger partial charge < -0.3 is 5.32 Å². The lowest BCUT2D eigenvalue weighted by atomic mass is 9.92. The molecule has 1 saturated heterocycles. The molecule has 0 atom stereocenters. The van der Waals surface area contributed by atoms with Gasteiger partial charge in [-0.05, 0) is 45.3 Å². The fourth-order valence-electron chi connectivity index (χ4n) is 3.76. The van der Waals surface area contributed by atoms with Crippen LogP contribution in [0, 0.1) is 5.92 Å². The molecule has 0 radical (unpaired) electrons. The minimum absolute atomic E-state index is 0.0854. The Labute approximate surface area is 197 Å². The van der Waals surface area contributed by atoms with Gasteiger partial charge in [0, 0.05) is 35.9 Å². The van der Waals surface area contributed by atoms with Gasteiger partial charge in [0.05, 0.1) is 11.2 Å². The van der Waals surface area contributed by atoms with Gasteiger partial charge in [-0.25, -0.2) is 13.1 Å². The Morgan fingerprint density at radius 1 is 1.06 bits per heavy atom. The topological polar surface area (TPSA) is 84.3 Å².